The molecule has 0 spiro atoms. The first-order chi connectivity index (χ1) is 16.8. The summed E-state index contributed by atoms with van der Waals surface area (Å²) in [6, 6.07) is 9.26. The van der Waals surface area contributed by atoms with Crippen LogP contribution >= 0.6 is 11.3 Å². The maximum atomic E-state index is 12.6. The van der Waals surface area contributed by atoms with E-state index in [9.17, 15) is 9.90 Å². The largest absolute Gasteiger partial charge is 0.465 e. The van der Waals surface area contributed by atoms with Gasteiger partial charge in [-0.25, -0.2) is 19.7 Å². The number of thiazole rings is 1. The Kier molecular flexibility index (Phi) is 6.21. The average molecular weight is 489 g/mol. The Hall–Kier alpha value is -3.43. The van der Waals surface area contributed by atoms with Gasteiger partial charge in [0.1, 0.15) is 10.7 Å². The first kappa shape index (κ1) is 23.3. The Bertz CT molecular complexity index is 1350. The fourth-order valence-electron chi connectivity index (χ4n) is 4.68. The number of pyridine rings is 1. The van der Waals surface area contributed by atoms with Crippen LogP contribution in [0.2, 0.25) is 0 Å². The van der Waals surface area contributed by atoms with E-state index in [-0.39, 0.29) is 11.6 Å². The highest BCUT2D eigenvalue weighted by molar-refractivity contribution is 7.13. The van der Waals surface area contributed by atoms with Crippen LogP contribution in [-0.2, 0) is 0 Å². The van der Waals surface area contributed by atoms with Crippen molar-refractivity contribution in [3.8, 4) is 22.1 Å². The van der Waals surface area contributed by atoms with Crippen molar-refractivity contribution in [1.29, 1.82) is 0 Å². The smallest absolute Gasteiger partial charge is 0.412 e. The minimum Gasteiger partial charge on any atom is -0.465 e. The first-order valence-electron chi connectivity index (χ1n) is 11.7. The minimum absolute atomic E-state index is 0.0178. The zero-order chi connectivity index (χ0) is 24.6. The van der Waals surface area contributed by atoms with Crippen molar-refractivity contribution < 1.29 is 9.90 Å². The summed E-state index contributed by atoms with van der Waals surface area (Å²) in [5.41, 5.74) is 2.91. The molecule has 1 amide bonds. The lowest BCUT2D eigenvalue weighted by Gasteiger charge is -2.44. The van der Waals surface area contributed by atoms with Crippen LogP contribution in [-0.4, -0.2) is 60.7 Å². The predicted molar refractivity (Wildman–Crippen MR) is 139 cm³/mol. The highest BCUT2D eigenvalue weighted by atomic mass is 32.1. The maximum Gasteiger partial charge on any atom is 0.412 e. The first-order valence-corrected chi connectivity index (χ1v) is 12.6. The molecule has 0 aliphatic carbocycles. The normalized spacial score (nSPS) is 16.9. The van der Waals surface area contributed by atoms with Gasteiger partial charge in [0.15, 0.2) is 5.82 Å². The van der Waals surface area contributed by atoms with Crippen LogP contribution in [0.3, 0.4) is 0 Å². The summed E-state index contributed by atoms with van der Waals surface area (Å²) in [4.78, 5) is 34.5. The molecule has 1 fully saturated rings. The lowest BCUT2D eigenvalue weighted by molar-refractivity contribution is 0.0963. The van der Waals surface area contributed by atoms with Crippen LogP contribution in [0, 0.1) is 0 Å². The predicted octanol–water partition coefficient (Wildman–Crippen LogP) is 5.56. The van der Waals surface area contributed by atoms with Gasteiger partial charge in [-0.3, -0.25) is 14.8 Å². The Morgan fingerprint density at radius 3 is 2.69 bits per heavy atom. The number of hydrogen-bond acceptors (Lipinski definition) is 7. The van der Waals surface area contributed by atoms with Crippen LogP contribution in [0.25, 0.3) is 33.0 Å². The molecule has 1 saturated heterocycles. The number of carbonyl (C=O) groups is 1. The fraction of sp³-hybridized carbons (Fsp3) is 0.346. The number of nitrogens with zero attached hydrogens (tertiary/aromatic N) is 6. The van der Waals surface area contributed by atoms with Gasteiger partial charge in [-0.1, -0.05) is 0 Å². The summed E-state index contributed by atoms with van der Waals surface area (Å²) in [5, 5.41) is 13.8. The average Bonchev–Trinajstić information content (AvgIpc) is 3.39. The van der Waals surface area contributed by atoms with Gasteiger partial charge in [0.25, 0.3) is 0 Å². The Morgan fingerprint density at radius 1 is 1.11 bits per heavy atom. The Labute approximate surface area is 208 Å². The molecule has 0 bridgehead atoms. The van der Waals surface area contributed by atoms with Crippen LogP contribution in [0.4, 0.5) is 10.5 Å². The maximum absolute atomic E-state index is 12.6. The second-order valence-corrected chi connectivity index (χ2v) is 10.6. The van der Waals surface area contributed by atoms with Gasteiger partial charge >= 0.3 is 6.09 Å². The number of benzene rings is 1. The molecule has 35 heavy (non-hydrogen) atoms. The third-order valence-corrected chi connectivity index (χ3v) is 7.26. The summed E-state index contributed by atoms with van der Waals surface area (Å²) in [7, 11) is 0. The Morgan fingerprint density at radius 2 is 1.94 bits per heavy atom. The van der Waals surface area contributed by atoms with Crippen molar-refractivity contribution in [2.75, 3.05) is 18.0 Å². The number of carboxylic acid groups (broad SMARTS) is 1. The molecule has 9 heteroatoms. The van der Waals surface area contributed by atoms with Crippen molar-refractivity contribution in [3.63, 3.8) is 0 Å². The molecule has 4 aromatic rings. The number of piperidine rings is 1. The summed E-state index contributed by atoms with van der Waals surface area (Å²) in [6.07, 6.45) is 5.98. The number of fused-ring (bicyclic) bond motifs is 1. The number of hydrogen-bond donors (Lipinski definition) is 1. The minimum atomic E-state index is -0.953. The van der Waals surface area contributed by atoms with Gasteiger partial charge in [-0.15, -0.1) is 11.3 Å². The zero-order valence-corrected chi connectivity index (χ0v) is 20.9. The van der Waals surface area contributed by atoms with Crippen molar-refractivity contribution in [2.24, 2.45) is 0 Å². The molecule has 1 aromatic carbocycles. The quantitative estimate of drug-likeness (QED) is 0.402. The third-order valence-electron chi connectivity index (χ3n) is 6.46. The van der Waals surface area contributed by atoms with E-state index in [1.54, 1.807) is 24.7 Å². The highest BCUT2D eigenvalue weighted by Crippen LogP contribution is 2.33. The monoisotopic (exact) mass is 488 g/mol. The van der Waals surface area contributed by atoms with Crippen LogP contribution < -0.4 is 4.90 Å². The van der Waals surface area contributed by atoms with Crippen molar-refractivity contribution >= 4 is 34.0 Å². The molecule has 5 rings (SSSR count). The number of anilines is 1. The third kappa shape index (κ3) is 4.74. The molecule has 0 unspecified atom stereocenters. The molecule has 0 radical (unpaired) electrons. The number of amides is 1. The zero-order valence-electron chi connectivity index (χ0n) is 20.0. The molecular formula is C26H28N6O2S. The molecule has 1 aliphatic rings. The highest BCUT2D eigenvalue weighted by Gasteiger charge is 2.34. The Balaban J connectivity index is 1.56. The summed E-state index contributed by atoms with van der Waals surface area (Å²) < 4.78 is 0. The van der Waals surface area contributed by atoms with E-state index in [4.69, 9.17) is 4.98 Å². The van der Waals surface area contributed by atoms with Crippen molar-refractivity contribution in [1.82, 2.24) is 24.8 Å². The van der Waals surface area contributed by atoms with Gasteiger partial charge in [-0.2, -0.15) is 0 Å². The van der Waals surface area contributed by atoms with E-state index in [0.717, 1.165) is 46.6 Å². The lowest BCUT2D eigenvalue weighted by Crippen LogP contribution is -2.55. The molecule has 1 N–H and O–H groups in total. The van der Waals surface area contributed by atoms with E-state index in [1.165, 1.54) is 16.2 Å². The molecule has 8 nitrogen and oxygen atoms in total. The molecule has 1 aliphatic heterocycles. The van der Waals surface area contributed by atoms with E-state index in [2.05, 4.69) is 40.6 Å². The van der Waals surface area contributed by atoms with Gasteiger partial charge in [-0.05, 0) is 70.5 Å². The van der Waals surface area contributed by atoms with Crippen LogP contribution in [0.5, 0.6) is 0 Å². The SMILES string of the molecule is CC(C)(C)N1CCC[C@H](N(C(=O)O)c2ccnc3ccc(-c4nccc(-c5nccs5)n4)cc23)C1. The molecule has 3 aromatic heterocycles. The molecule has 4 heterocycles. The fourth-order valence-corrected chi connectivity index (χ4v) is 5.29. The van der Waals surface area contributed by atoms with Gasteiger partial charge in [0.2, 0.25) is 0 Å². The van der Waals surface area contributed by atoms with E-state index >= 15 is 0 Å². The summed E-state index contributed by atoms with van der Waals surface area (Å²) in [6.45, 7) is 8.19. The lowest BCUT2D eigenvalue weighted by atomic mass is 9.96. The van der Waals surface area contributed by atoms with Crippen LogP contribution in [0.15, 0.2) is 54.3 Å². The summed E-state index contributed by atoms with van der Waals surface area (Å²) >= 11 is 1.52. The van der Waals surface area contributed by atoms with E-state index in [0.29, 0.717) is 18.1 Å². The molecule has 180 valence electrons. The summed E-state index contributed by atoms with van der Waals surface area (Å²) in [5.74, 6) is 0.563. The van der Waals surface area contributed by atoms with Crippen molar-refractivity contribution in [3.05, 3.63) is 54.3 Å². The standard InChI is InChI=1S/C26H28N6O2S/c1-26(2,3)31-13-4-5-18(16-31)32(25(33)34)22-9-11-27-20-7-6-17(15-19(20)22)23-28-10-8-21(30-23)24-29-12-14-35-24/h6-12,14-15,18H,4-5,13,16H2,1-3H3,(H,33,34)/t18-/m0/s1. The van der Waals surface area contributed by atoms with Crippen LogP contribution in [0.1, 0.15) is 33.6 Å². The second kappa shape index (κ2) is 9.31. The van der Waals surface area contributed by atoms with Gasteiger partial charge < -0.3 is 5.11 Å². The van der Waals surface area contributed by atoms with Crippen molar-refractivity contribution in [2.45, 2.75) is 45.2 Å². The number of aromatic nitrogens is 4. The van der Waals surface area contributed by atoms with E-state index in [1.807, 2.05) is 29.6 Å². The van der Waals surface area contributed by atoms with Gasteiger partial charge in [0.05, 0.1) is 17.2 Å². The molecular weight excluding hydrogens is 460 g/mol. The number of rotatable bonds is 4. The molecule has 1 atom stereocenters. The topological polar surface area (TPSA) is 95.3 Å². The second-order valence-electron chi connectivity index (χ2n) is 9.73. The van der Waals surface area contributed by atoms with E-state index < -0.39 is 6.09 Å². The molecule has 0 saturated carbocycles. The number of likely N-dealkylation sites (tertiary alicyclic amines) is 1. The van der Waals surface area contributed by atoms with Gasteiger partial charge in [0, 0.05) is 47.0 Å².